The number of nitriles is 4. The third-order valence-electron chi connectivity index (χ3n) is 9.84. The lowest BCUT2D eigenvalue weighted by molar-refractivity contribution is -0.140. The fraction of sp³-hybridized carbons (Fsp3) is 0.632. The molecule has 0 bridgehead atoms. The third kappa shape index (κ3) is 9.13. The first-order chi connectivity index (χ1) is 23.7. The van der Waals surface area contributed by atoms with Gasteiger partial charge in [-0.15, -0.1) is 0 Å². The van der Waals surface area contributed by atoms with Crippen molar-refractivity contribution in [2.75, 3.05) is 39.4 Å². The highest BCUT2D eigenvalue weighted by Crippen LogP contribution is 2.46. The molecule has 50 heavy (non-hydrogen) atoms. The first-order valence-corrected chi connectivity index (χ1v) is 17.5. The Bertz CT molecular complexity index is 1530. The molecular weight excluding hydrogens is 636 g/mol. The minimum absolute atomic E-state index is 0.0807. The Morgan fingerprint density at radius 1 is 0.680 bits per heavy atom. The van der Waals surface area contributed by atoms with Gasteiger partial charge in [-0.1, -0.05) is 27.7 Å². The van der Waals surface area contributed by atoms with Gasteiger partial charge in [-0.25, -0.2) is 9.59 Å². The number of β-amino-alcohol motifs (C(OH)–C–C–N with tert-alkyl or cyclic N) is 2. The van der Waals surface area contributed by atoms with Crippen LogP contribution in [0.1, 0.15) is 91.9 Å². The summed E-state index contributed by atoms with van der Waals surface area (Å²) < 4.78 is 10.9. The second-order valence-electron chi connectivity index (χ2n) is 15.3. The Balaban J connectivity index is 1.30. The van der Waals surface area contributed by atoms with Crippen molar-refractivity contribution in [3.63, 3.8) is 0 Å². The van der Waals surface area contributed by atoms with Crippen LogP contribution in [-0.2, 0) is 19.1 Å². The molecule has 2 aliphatic carbocycles. The van der Waals surface area contributed by atoms with Gasteiger partial charge in [-0.05, 0) is 86.2 Å². The lowest BCUT2D eigenvalue weighted by atomic mass is 9.72. The second kappa shape index (κ2) is 16.4. The van der Waals surface area contributed by atoms with Crippen LogP contribution in [0, 0.1) is 56.2 Å². The second-order valence-corrected chi connectivity index (χ2v) is 15.3. The normalized spacial score (nSPS) is 24.9. The summed E-state index contributed by atoms with van der Waals surface area (Å²) in [5.41, 5.74) is 2.01. The highest BCUT2D eigenvalue weighted by Gasteiger charge is 2.39. The Kier molecular flexibility index (Phi) is 12.5. The number of unbranched alkanes of at least 4 members (excludes halogenated alkanes) is 3. The number of aliphatic hydroxyl groups is 2. The van der Waals surface area contributed by atoms with Crippen LogP contribution in [-0.4, -0.2) is 83.6 Å². The molecule has 12 nitrogen and oxygen atoms in total. The van der Waals surface area contributed by atoms with Crippen molar-refractivity contribution in [1.82, 2.24) is 9.80 Å². The number of nitrogens with zero attached hydrogens (tertiary/aromatic N) is 6. The van der Waals surface area contributed by atoms with E-state index >= 15 is 0 Å². The molecule has 4 aliphatic rings. The van der Waals surface area contributed by atoms with Gasteiger partial charge in [0.15, 0.2) is 0 Å². The molecule has 0 aromatic rings. The summed E-state index contributed by atoms with van der Waals surface area (Å²) in [5, 5.41) is 60.1. The monoisotopic (exact) mass is 684 g/mol. The highest BCUT2D eigenvalue weighted by atomic mass is 16.5. The Morgan fingerprint density at radius 2 is 1.06 bits per heavy atom. The van der Waals surface area contributed by atoms with Gasteiger partial charge < -0.3 is 29.5 Å². The van der Waals surface area contributed by atoms with Crippen molar-refractivity contribution in [1.29, 1.82) is 21.0 Å². The number of likely N-dealkylation sites (tertiary alicyclic amines) is 2. The zero-order valence-electron chi connectivity index (χ0n) is 29.7. The smallest absolute Gasteiger partial charge is 0.349 e. The van der Waals surface area contributed by atoms with E-state index in [9.17, 15) is 40.8 Å². The van der Waals surface area contributed by atoms with E-state index in [1.54, 1.807) is 0 Å². The number of esters is 2. The molecule has 2 fully saturated rings. The lowest BCUT2D eigenvalue weighted by Gasteiger charge is -2.37. The van der Waals surface area contributed by atoms with Gasteiger partial charge in [-0.3, -0.25) is 0 Å². The van der Waals surface area contributed by atoms with Gasteiger partial charge in [0.25, 0.3) is 0 Å². The van der Waals surface area contributed by atoms with Crippen molar-refractivity contribution >= 4 is 11.9 Å². The number of carbonyl (C=O) groups excluding carboxylic acids is 2. The lowest BCUT2D eigenvalue weighted by Crippen LogP contribution is -2.31. The largest absolute Gasteiger partial charge is 0.462 e. The van der Waals surface area contributed by atoms with Crippen LogP contribution in [0.2, 0.25) is 0 Å². The van der Waals surface area contributed by atoms with Crippen molar-refractivity contribution in [3.8, 4) is 24.3 Å². The summed E-state index contributed by atoms with van der Waals surface area (Å²) in [5.74, 6) is -1.53. The van der Waals surface area contributed by atoms with Gasteiger partial charge in [0, 0.05) is 37.6 Å². The van der Waals surface area contributed by atoms with E-state index in [0.29, 0.717) is 113 Å². The van der Waals surface area contributed by atoms with Crippen LogP contribution in [0.4, 0.5) is 0 Å². The van der Waals surface area contributed by atoms with Gasteiger partial charge in [0.2, 0.25) is 0 Å². The van der Waals surface area contributed by atoms with Gasteiger partial charge in [0.05, 0.1) is 36.6 Å². The minimum atomic E-state index is -0.763. The van der Waals surface area contributed by atoms with E-state index in [4.69, 9.17) is 9.47 Å². The number of rotatable bonds is 11. The van der Waals surface area contributed by atoms with Gasteiger partial charge in [-0.2, -0.15) is 21.0 Å². The molecule has 4 rings (SSSR count). The summed E-state index contributed by atoms with van der Waals surface area (Å²) in [6.45, 7) is 10.3. The average Bonchev–Trinajstić information content (AvgIpc) is 3.69. The SMILES string of the molecule is CC1(C)CC(N2CCC(O)C2)=C(C#N)/C(=C(\C#N)C(=O)OCCCCCCOC(=O)/C(C#N)=C2\CC(C)(C)CC(N3CCC(O)C3)=C2C#N)C1. The van der Waals surface area contributed by atoms with Crippen LogP contribution in [0.5, 0.6) is 0 Å². The Labute approximate surface area is 295 Å². The van der Waals surface area contributed by atoms with Crippen molar-refractivity contribution in [3.05, 3.63) is 44.8 Å². The first-order valence-electron chi connectivity index (χ1n) is 17.5. The molecule has 2 aliphatic heterocycles. The summed E-state index contributed by atoms with van der Waals surface area (Å²) in [7, 11) is 0. The molecule has 2 unspecified atom stereocenters. The Morgan fingerprint density at radius 3 is 1.36 bits per heavy atom. The Hall–Kier alpha value is -4.62. The number of carbonyl (C=O) groups is 2. The maximum absolute atomic E-state index is 13.0. The summed E-state index contributed by atoms with van der Waals surface area (Å²) >= 11 is 0. The zero-order valence-corrected chi connectivity index (χ0v) is 29.7. The maximum Gasteiger partial charge on any atom is 0.349 e. The molecule has 0 spiro atoms. The number of hydrogen-bond donors (Lipinski definition) is 2. The quantitative estimate of drug-likeness (QED) is 0.133. The average molecular weight is 685 g/mol. The number of allylic oxidation sites excluding steroid dienone is 6. The maximum atomic E-state index is 13.0. The van der Waals surface area contributed by atoms with E-state index in [-0.39, 0.29) is 35.2 Å². The summed E-state index contributed by atoms with van der Waals surface area (Å²) in [6.07, 6.45) is 4.57. The van der Waals surface area contributed by atoms with Crippen molar-refractivity contribution in [2.24, 2.45) is 10.8 Å². The molecule has 2 N–H and O–H groups in total. The fourth-order valence-electron chi connectivity index (χ4n) is 7.40. The molecule has 266 valence electrons. The number of hydrogen-bond acceptors (Lipinski definition) is 12. The zero-order chi connectivity index (χ0) is 36.6. The topological polar surface area (TPSA) is 195 Å². The molecule has 0 amide bonds. The summed E-state index contributed by atoms with van der Waals surface area (Å²) in [4.78, 5) is 30.0. The van der Waals surface area contributed by atoms with E-state index < -0.39 is 24.1 Å². The molecule has 0 radical (unpaired) electrons. The van der Waals surface area contributed by atoms with Crippen LogP contribution in [0.3, 0.4) is 0 Å². The van der Waals surface area contributed by atoms with Gasteiger partial charge >= 0.3 is 11.9 Å². The van der Waals surface area contributed by atoms with Crippen LogP contribution >= 0.6 is 0 Å². The van der Waals surface area contributed by atoms with E-state index in [1.165, 1.54) is 0 Å². The molecule has 2 atom stereocenters. The predicted molar refractivity (Wildman–Crippen MR) is 181 cm³/mol. The minimum Gasteiger partial charge on any atom is -0.462 e. The number of aliphatic hydroxyl groups excluding tert-OH is 2. The molecule has 0 aromatic heterocycles. The molecular formula is C38H48N6O6. The van der Waals surface area contributed by atoms with Gasteiger partial charge in [0.1, 0.15) is 35.4 Å². The van der Waals surface area contributed by atoms with E-state index in [2.05, 4.69) is 12.1 Å². The van der Waals surface area contributed by atoms with Crippen LogP contribution < -0.4 is 0 Å². The van der Waals surface area contributed by atoms with Crippen molar-refractivity contribution < 1.29 is 29.3 Å². The molecule has 12 heteroatoms. The van der Waals surface area contributed by atoms with Crippen molar-refractivity contribution in [2.45, 2.75) is 104 Å². The van der Waals surface area contributed by atoms with E-state index in [0.717, 1.165) is 11.4 Å². The molecule has 0 saturated carbocycles. The van der Waals surface area contributed by atoms with E-state index in [1.807, 2.05) is 49.6 Å². The third-order valence-corrected chi connectivity index (χ3v) is 9.84. The number of ether oxygens (including phenoxy) is 2. The molecule has 2 saturated heterocycles. The standard InChI is InChI=1S/C38H48N6O6/c1-37(2)15-27(29(19-39)33(17-37)43-11-9-25(45)23-43)31(21-41)35(47)49-13-7-5-6-8-14-50-36(48)32(22-42)28-16-38(3,4)18-34(30(28)20-40)44-12-10-26(46)24-44/h25-26,45-46H,5-18,23-24H2,1-4H3/b31-27+,32-28+. The predicted octanol–water partition coefficient (Wildman–Crippen LogP) is 4.60. The van der Waals surface area contributed by atoms with Crippen LogP contribution in [0.25, 0.3) is 0 Å². The first kappa shape index (κ1) is 38.2. The summed E-state index contributed by atoms with van der Waals surface area (Å²) in [6, 6.07) is 8.40. The van der Waals surface area contributed by atoms with Crippen LogP contribution in [0.15, 0.2) is 44.8 Å². The molecule has 0 aromatic carbocycles. The highest BCUT2D eigenvalue weighted by molar-refractivity contribution is 5.95. The molecule has 2 heterocycles. The fourth-order valence-corrected chi connectivity index (χ4v) is 7.40.